The molecule has 1 heterocycles. The predicted molar refractivity (Wildman–Crippen MR) is 90.4 cm³/mol. The third-order valence-corrected chi connectivity index (χ3v) is 4.60. The van der Waals surface area contributed by atoms with Crippen molar-refractivity contribution in [3.8, 4) is 0 Å². The van der Waals surface area contributed by atoms with Crippen LogP contribution in [0.25, 0.3) is 10.2 Å². The maximum absolute atomic E-state index is 13.5. The van der Waals surface area contributed by atoms with E-state index in [1.807, 2.05) is 24.5 Å². The minimum absolute atomic E-state index is 0.130. The van der Waals surface area contributed by atoms with E-state index in [9.17, 15) is 9.18 Å². The number of nitrogens with one attached hydrogen (secondary N) is 2. The second-order valence-corrected chi connectivity index (χ2v) is 6.32. The molecular formula is C15H12FN3OS2. The van der Waals surface area contributed by atoms with Crippen LogP contribution in [0.15, 0.2) is 47.4 Å². The lowest BCUT2D eigenvalue weighted by molar-refractivity contribution is 0.262. The molecule has 0 atom stereocenters. The van der Waals surface area contributed by atoms with Gasteiger partial charge in [0.2, 0.25) is 0 Å². The lowest BCUT2D eigenvalue weighted by atomic mass is 10.3. The number of hydrogen-bond acceptors (Lipinski definition) is 4. The number of amides is 2. The van der Waals surface area contributed by atoms with Crippen LogP contribution in [0, 0.1) is 5.82 Å². The molecule has 0 aliphatic carbocycles. The van der Waals surface area contributed by atoms with Crippen LogP contribution in [0.5, 0.6) is 0 Å². The highest BCUT2D eigenvalue weighted by Crippen LogP contribution is 2.29. The zero-order valence-electron chi connectivity index (χ0n) is 11.6. The molecule has 0 radical (unpaired) electrons. The summed E-state index contributed by atoms with van der Waals surface area (Å²) in [5.41, 5.74) is 0.953. The Morgan fingerprint density at radius 3 is 2.82 bits per heavy atom. The Bertz CT molecular complexity index is 835. The zero-order valence-corrected chi connectivity index (χ0v) is 13.2. The molecule has 3 aromatic rings. The number of aromatic nitrogens is 1. The van der Waals surface area contributed by atoms with Crippen molar-refractivity contribution in [2.75, 3.05) is 16.9 Å². The van der Waals surface area contributed by atoms with Gasteiger partial charge in [-0.3, -0.25) is 5.32 Å². The highest BCUT2D eigenvalue weighted by atomic mass is 32.2. The van der Waals surface area contributed by atoms with Crippen LogP contribution in [0.4, 0.5) is 20.0 Å². The number of urea groups is 1. The highest BCUT2D eigenvalue weighted by Gasteiger charge is 2.10. The van der Waals surface area contributed by atoms with E-state index in [1.165, 1.54) is 23.5 Å². The first kappa shape index (κ1) is 14.8. The Balaban J connectivity index is 1.75. The van der Waals surface area contributed by atoms with Gasteiger partial charge in [0.25, 0.3) is 0 Å². The highest BCUT2D eigenvalue weighted by molar-refractivity contribution is 7.98. The maximum Gasteiger partial charge on any atom is 0.325 e. The van der Waals surface area contributed by atoms with Crippen molar-refractivity contribution in [3.05, 3.63) is 48.3 Å². The molecule has 0 unspecified atom stereocenters. The Kier molecular flexibility index (Phi) is 4.26. The number of halogens is 1. The number of thiazole rings is 1. The molecule has 2 aromatic carbocycles. The van der Waals surface area contributed by atoms with Gasteiger partial charge in [-0.1, -0.05) is 23.5 Å². The van der Waals surface area contributed by atoms with Gasteiger partial charge in [-0.05, 0) is 36.6 Å². The molecule has 0 fully saturated rings. The van der Waals surface area contributed by atoms with Crippen LogP contribution in [-0.4, -0.2) is 17.3 Å². The van der Waals surface area contributed by atoms with E-state index >= 15 is 0 Å². The van der Waals surface area contributed by atoms with Gasteiger partial charge in [0, 0.05) is 4.90 Å². The quantitative estimate of drug-likeness (QED) is 0.677. The summed E-state index contributed by atoms with van der Waals surface area (Å²) in [6.07, 6.45) is 2.00. The van der Waals surface area contributed by atoms with E-state index in [2.05, 4.69) is 15.6 Å². The van der Waals surface area contributed by atoms with Crippen LogP contribution in [0.1, 0.15) is 0 Å². The Labute approximate surface area is 134 Å². The van der Waals surface area contributed by atoms with Gasteiger partial charge < -0.3 is 5.32 Å². The Morgan fingerprint density at radius 1 is 1.23 bits per heavy atom. The van der Waals surface area contributed by atoms with Crippen molar-refractivity contribution in [3.63, 3.8) is 0 Å². The smallest absolute Gasteiger partial charge is 0.305 e. The van der Waals surface area contributed by atoms with Gasteiger partial charge in [0.1, 0.15) is 5.82 Å². The molecule has 0 saturated heterocycles. The number of fused-ring (bicyclic) bond motifs is 1. The molecule has 0 bridgehead atoms. The standard InChI is InChI=1S/C15H12FN3OS2/c1-21-9-6-7-12-13(8-9)22-15(18-12)19-14(20)17-11-5-3-2-4-10(11)16/h2-8H,1H3,(H2,17,18,19,20). The molecule has 112 valence electrons. The van der Waals surface area contributed by atoms with E-state index in [0.29, 0.717) is 5.13 Å². The van der Waals surface area contributed by atoms with Crippen LogP contribution in [0.2, 0.25) is 0 Å². The van der Waals surface area contributed by atoms with Crippen molar-refractivity contribution < 1.29 is 9.18 Å². The minimum Gasteiger partial charge on any atom is -0.305 e. The summed E-state index contributed by atoms with van der Waals surface area (Å²) in [6, 6.07) is 11.4. The topological polar surface area (TPSA) is 54.0 Å². The van der Waals surface area contributed by atoms with Crippen molar-refractivity contribution >= 4 is 50.2 Å². The van der Waals surface area contributed by atoms with Crippen LogP contribution >= 0.6 is 23.1 Å². The molecular weight excluding hydrogens is 321 g/mol. The molecule has 2 amide bonds. The lowest BCUT2D eigenvalue weighted by Gasteiger charge is -2.05. The third kappa shape index (κ3) is 3.20. The summed E-state index contributed by atoms with van der Waals surface area (Å²) in [7, 11) is 0. The summed E-state index contributed by atoms with van der Waals surface area (Å²) in [5, 5.41) is 5.57. The first-order valence-electron chi connectivity index (χ1n) is 6.43. The number of carbonyl (C=O) groups is 1. The van der Waals surface area contributed by atoms with E-state index in [1.54, 1.807) is 23.9 Å². The molecule has 1 aromatic heterocycles. The van der Waals surface area contributed by atoms with Crippen molar-refractivity contribution in [1.29, 1.82) is 0 Å². The fraction of sp³-hybridized carbons (Fsp3) is 0.0667. The largest absolute Gasteiger partial charge is 0.325 e. The van der Waals surface area contributed by atoms with Crippen molar-refractivity contribution in [2.45, 2.75) is 4.90 Å². The number of rotatable bonds is 3. The maximum atomic E-state index is 13.5. The fourth-order valence-electron chi connectivity index (χ4n) is 1.90. The van der Waals surface area contributed by atoms with Gasteiger partial charge in [0.05, 0.1) is 15.9 Å². The van der Waals surface area contributed by atoms with Gasteiger partial charge in [-0.2, -0.15) is 0 Å². The fourth-order valence-corrected chi connectivity index (χ4v) is 3.31. The molecule has 0 aliphatic rings. The number of anilines is 2. The second-order valence-electron chi connectivity index (χ2n) is 4.41. The predicted octanol–water partition coefficient (Wildman–Crippen LogP) is 4.80. The van der Waals surface area contributed by atoms with E-state index in [-0.39, 0.29) is 5.69 Å². The molecule has 4 nitrogen and oxygen atoms in total. The van der Waals surface area contributed by atoms with Crippen molar-refractivity contribution in [1.82, 2.24) is 4.98 Å². The Morgan fingerprint density at radius 2 is 2.05 bits per heavy atom. The van der Waals surface area contributed by atoms with Gasteiger partial charge >= 0.3 is 6.03 Å². The van der Waals surface area contributed by atoms with Crippen LogP contribution < -0.4 is 10.6 Å². The molecule has 3 rings (SSSR count). The van der Waals surface area contributed by atoms with Gasteiger partial charge in [-0.15, -0.1) is 11.8 Å². The van der Waals surface area contributed by atoms with Crippen molar-refractivity contribution in [2.24, 2.45) is 0 Å². The summed E-state index contributed by atoms with van der Waals surface area (Å²) < 4.78 is 14.5. The number of nitrogens with zero attached hydrogens (tertiary/aromatic N) is 1. The summed E-state index contributed by atoms with van der Waals surface area (Å²) in [4.78, 5) is 17.4. The van der Waals surface area contributed by atoms with E-state index in [0.717, 1.165) is 15.1 Å². The number of thioether (sulfide) groups is 1. The molecule has 0 aliphatic heterocycles. The SMILES string of the molecule is CSc1ccc2nc(NC(=O)Nc3ccccc3F)sc2c1. The van der Waals surface area contributed by atoms with E-state index < -0.39 is 11.8 Å². The number of carbonyl (C=O) groups excluding carboxylic acids is 1. The normalized spacial score (nSPS) is 10.6. The van der Waals surface area contributed by atoms with Crippen LogP contribution in [0.3, 0.4) is 0 Å². The molecule has 0 saturated carbocycles. The van der Waals surface area contributed by atoms with Crippen LogP contribution in [-0.2, 0) is 0 Å². The molecule has 2 N–H and O–H groups in total. The second kappa shape index (κ2) is 6.33. The Hall–Kier alpha value is -2.12. The minimum atomic E-state index is -0.519. The van der Waals surface area contributed by atoms with E-state index in [4.69, 9.17) is 0 Å². The average molecular weight is 333 g/mol. The first-order chi connectivity index (χ1) is 10.7. The zero-order chi connectivity index (χ0) is 15.5. The number of benzene rings is 2. The molecule has 0 spiro atoms. The third-order valence-electron chi connectivity index (χ3n) is 2.94. The summed E-state index contributed by atoms with van der Waals surface area (Å²) in [6.45, 7) is 0. The summed E-state index contributed by atoms with van der Waals surface area (Å²) in [5.74, 6) is -0.480. The average Bonchev–Trinajstić information content (AvgIpc) is 2.90. The number of hydrogen-bond donors (Lipinski definition) is 2. The molecule has 22 heavy (non-hydrogen) atoms. The lowest BCUT2D eigenvalue weighted by Crippen LogP contribution is -2.19. The monoisotopic (exact) mass is 333 g/mol. The first-order valence-corrected chi connectivity index (χ1v) is 8.47. The molecule has 7 heteroatoms. The van der Waals surface area contributed by atoms with Gasteiger partial charge in [-0.25, -0.2) is 14.2 Å². The summed E-state index contributed by atoms with van der Waals surface area (Å²) >= 11 is 3.03. The van der Waals surface area contributed by atoms with Gasteiger partial charge in [0.15, 0.2) is 5.13 Å². The number of para-hydroxylation sites is 1.